The zero-order valence-electron chi connectivity index (χ0n) is 69.8. The van der Waals surface area contributed by atoms with Crippen LogP contribution in [0, 0.1) is 0 Å². The Bertz CT molecular complexity index is 6300. The van der Waals surface area contributed by atoms with Gasteiger partial charge in [0.25, 0.3) is 5.91 Å². The fraction of sp³-hybridized carbons (Fsp3) is 0.261. The Hall–Kier alpha value is -13.2. The number of hydrogen-bond donors (Lipinski definition) is 6. The topological polar surface area (TPSA) is 293 Å². The number of pyridine rings is 4. The van der Waals surface area contributed by atoms with Crippen LogP contribution in [0.25, 0.3) is 99.5 Å². The Balaban J connectivity index is 0.000000127. The van der Waals surface area contributed by atoms with Crippen LogP contribution in [0.3, 0.4) is 0 Å². The van der Waals surface area contributed by atoms with Gasteiger partial charge in [0.15, 0.2) is 0 Å². The molecule has 29 heteroatoms. The van der Waals surface area contributed by atoms with Gasteiger partial charge in [-0.1, -0.05) is 79.7 Å². The van der Waals surface area contributed by atoms with Crippen molar-refractivity contribution in [3.05, 3.63) is 272 Å². The molecule has 1 atom stereocenters. The van der Waals surface area contributed by atoms with Crippen LogP contribution in [0.1, 0.15) is 96.0 Å². The molecule has 17 heterocycles. The van der Waals surface area contributed by atoms with Crippen molar-refractivity contribution < 1.29 is 24.1 Å². The first-order chi connectivity index (χ1) is 58.4. The minimum absolute atomic E-state index is 0. The second-order valence-corrected chi connectivity index (χ2v) is 30.7. The number of anilines is 3. The third-order valence-corrected chi connectivity index (χ3v) is 21.6. The number of carboxylic acid groups (broad SMARTS) is 1. The van der Waals surface area contributed by atoms with Crippen LogP contribution >= 0.6 is 9.12 Å². The normalized spacial score (nSPS) is 12.7. The number of amides is 1. The Labute approximate surface area is 707 Å². The molecule has 17 aromatic rings. The van der Waals surface area contributed by atoms with E-state index in [1.165, 1.54) is 75.6 Å². The summed E-state index contributed by atoms with van der Waals surface area (Å²) < 4.78 is 23.1. The number of carbonyl (C=O) groups excluding carboxylic acids is 1. The molecule has 4 aliphatic heterocycles. The van der Waals surface area contributed by atoms with Gasteiger partial charge in [0, 0.05) is 264 Å². The van der Waals surface area contributed by atoms with E-state index >= 15 is 0 Å². The van der Waals surface area contributed by atoms with Gasteiger partial charge < -0.3 is 49.5 Å². The Morgan fingerprint density at radius 3 is 1.41 bits per heavy atom. The molecule has 4 aliphatic rings. The number of fused-ring (bicyclic) bond motifs is 8. The first-order valence-electron chi connectivity index (χ1n) is 40.5. The van der Waals surface area contributed by atoms with Gasteiger partial charge in [-0.3, -0.25) is 28.4 Å². The van der Waals surface area contributed by atoms with Crippen molar-refractivity contribution >= 4 is 108 Å². The van der Waals surface area contributed by atoms with Crippen LogP contribution in [0.2, 0.25) is 0 Å². The number of carboxylic acids is 1. The van der Waals surface area contributed by atoms with E-state index in [0.29, 0.717) is 36.7 Å². The maximum atomic E-state index is 13.1. The van der Waals surface area contributed by atoms with Gasteiger partial charge in [0.2, 0.25) is 0 Å². The van der Waals surface area contributed by atoms with Gasteiger partial charge in [-0.05, 0) is 154 Å². The van der Waals surface area contributed by atoms with Gasteiger partial charge in [0.05, 0.1) is 35.9 Å². The van der Waals surface area contributed by atoms with Crippen LogP contribution in [0.5, 0.6) is 0 Å². The molecule has 4 aromatic carbocycles. The Morgan fingerprint density at radius 1 is 0.521 bits per heavy atom. The van der Waals surface area contributed by atoms with E-state index < -0.39 is 5.97 Å². The molecule has 1 amide bonds. The average molecular weight is 1630 g/mol. The minimum Gasteiger partial charge on any atom is -0.384 e. The molecule has 3 radical (unpaired) electrons. The SMILES string of the molecule is C1CCOC1.CCN(C(C)C)C(C)C.Cn1cc(-c2c[nH]c3ncc(C(=O)N4CCc5ccccc54)cc23)cn1.Cn1cc(-c2c[nH]c3ncc(C(=O)O)cc23)cn1.Cn1cc(-c2c[nH]c3ncc(CN4CCc5ccccc54)cc23)cn1.Cn1cc(-c2c[nH]c3ncc(Cn4ccc5ccccc54)cc23)cn1.O=BP.[B].c1ccc2c(c1)CCN2. The average Bonchev–Trinajstić information content (AvgIpc) is 1.64. The second-order valence-electron chi connectivity index (χ2n) is 30.4. The number of carbonyl (C=O) groups is 2. The fourth-order valence-corrected chi connectivity index (χ4v) is 15.8. The second kappa shape index (κ2) is 40.1. The molecule has 26 nitrogen and oxygen atoms in total. The first-order valence-corrected chi connectivity index (χ1v) is 41.2. The predicted octanol–water partition coefficient (Wildman–Crippen LogP) is 16.3. The van der Waals surface area contributed by atoms with Crippen molar-refractivity contribution in [3.8, 4) is 44.5 Å². The number of aromatic carboxylic acids is 1. The number of para-hydroxylation sites is 4. The van der Waals surface area contributed by atoms with Gasteiger partial charge in [-0.25, -0.2) is 24.7 Å². The molecule has 615 valence electrons. The number of H-pyrrole nitrogens is 4. The number of benzene rings is 4. The van der Waals surface area contributed by atoms with Crippen molar-refractivity contribution in [1.82, 2.24) is 88.5 Å². The molecule has 13 aromatic heterocycles. The van der Waals surface area contributed by atoms with Gasteiger partial charge in [-0.2, -0.15) is 20.4 Å². The summed E-state index contributed by atoms with van der Waals surface area (Å²) in [6.07, 6.45) is 37.7. The molecule has 1 fully saturated rings. The molecule has 6 N–H and O–H groups in total. The Kier molecular flexibility index (Phi) is 28.4. The summed E-state index contributed by atoms with van der Waals surface area (Å²) in [7, 11) is 9.48. The maximum Gasteiger partial charge on any atom is 0.0373 e. The molecular formula is C92H101B2N21O5P. The van der Waals surface area contributed by atoms with E-state index in [9.17, 15) is 9.59 Å². The van der Waals surface area contributed by atoms with Crippen LogP contribution in [0.15, 0.2) is 233 Å². The van der Waals surface area contributed by atoms with Crippen molar-refractivity contribution in [2.24, 2.45) is 28.2 Å². The zero-order valence-corrected chi connectivity index (χ0v) is 70.9. The number of aromatic amines is 4. The van der Waals surface area contributed by atoms with Crippen LogP contribution < -0.4 is 15.1 Å². The minimum atomic E-state index is -0.984. The molecule has 1 saturated heterocycles. The third-order valence-electron chi connectivity index (χ3n) is 21.6. The first kappa shape index (κ1) is 85.7. The Morgan fingerprint density at radius 2 is 0.950 bits per heavy atom. The summed E-state index contributed by atoms with van der Waals surface area (Å²) in [5.41, 5.74) is 23.8. The number of ether oxygens (including phenoxy) is 1. The zero-order chi connectivity index (χ0) is 83.8. The number of hydrogen-bond acceptors (Lipinski definition) is 15. The summed E-state index contributed by atoms with van der Waals surface area (Å²) in [5, 5.41) is 34.4. The van der Waals surface area contributed by atoms with Crippen molar-refractivity contribution in [2.45, 2.75) is 91.9 Å². The van der Waals surface area contributed by atoms with Crippen molar-refractivity contribution in [2.75, 3.05) is 54.5 Å². The molecule has 1 unspecified atom stereocenters. The van der Waals surface area contributed by atoms with E-state index in [1.54, 1.807) is 34.0 Å². The van der Waals surface area contributed by atoms with Gasteiger partial charge in [0.1, 0.15) is 22.6 Å². The number of aromatic nitrogens is 17. The van der Waals surface area contributed by atoms with E-state index in [2.05, 4.69) is 218 Å². The third kappa shape index (κ3) is 20.6. The summed E-state index contributed by atoms with van der Waals surface area (Å²) in [5.74, 6) is -0.995. The van der Waals surface area contributed by atoms with E-state index in [4.69, 9.17) is 14.5 Å². The summed E-state index contributed by atoms with van der Waals surface area (Å²) >= 11 is 0. The smallest absolute Gasteiger partial charge is 0.0373 e. The van der Waals surface area contributed by atoms with Crippen molar-refractivity contribution in [1.29, 1.82) is 0 Å². The number of aryl methyl sites for hydroxylation is 4. The van der Waals surface area contributed by atoms with E-state index in [1.807, 2.05) is 150 Å². The fourth-order valence-electron chi connectivity index (χ4n) is 15.8. The van der Waals surface area contributed by atoms with Gasteiger partial charge in [-0.15, -0.1) is 0 Å². The van der Waals surface area contributed by atoms with Gasteiger partial charge >= 0.3 is 26.7 Å². The number of nitrogens with one attached hydrogen (secondary N) is 5. The van der Waals surface area contributed by atoms with E-state index in [0.717, 1.165) is 147 Å². The standard InChI is InChI=1S/C20H17N5O.C20H19N5.C20H17N5.C12H10N4O2.C8H9N.C8H19N.C4H8O.BH2OP.B/c1-24-12-15(10-23-24)17-11-22-19-16(17)8-14(9-21-19)20(26)25-7-6-13-4-2-3-5-18(13)25;2*1-24-13-16(10-23-24)18-11-22-20-17(18)8-14(9-21-20)12-25-7-6-15-4-2-3-5-19(15)25;1-16-6-8(4-15-16)10-5-14-11-9(10)2-7(3-13-11)12(17)18;1-2-4-8-7(3-1)5-6-9-8;1-6-9(7(2)3)8(4)5;1-2-4-5-3-1;2-1-3;/h2-5,8-12H,6-7H2,1H3,(H,21,22);2-5,8-11,13H,6-7,12H2,1H3,(H,21,22);2-11,13H,12H2,1H3,(H,21,22);2-6H,1H3,(H,13,14)(H,17,18);1-4,9H,5-6H2;7-8H,6H2,1-5H3;1-4H2;3H2;. The molecular weight excluding hydrogens is 1530 g/mol. The molecule has 121 heavy (non-hydrogen) atoms. The van der Waals surface area contributed by atoms with E-state index in [-0.39, 0.29) is 19.9 Å². The quantitative estimate of drug-likeness (QED) is 0.0462. The largest absolute Gasteiger partial charge is 0.384 e. The summed E-state index contributed by atoms with van der Waals surface area (Å²) in [6.45, 7) is 19.6. The molecule has 0 saturated carbocycles. The predicted molar refractivity (Wildman–Crippen MR) is 487 cm³/mol. The number of nitrogens with zero attached hydrogens (tertiary/aromatic N) is 16. The maximum absolute atomic E-state index is 13.1. The summed E-state index contributed by atoms with van der Waals surface area (Å²) in [4.78, 5) is 61.3. The van der Waals surface area contributed by atoms with Crippen LogP contribution in [-0.2, 0) is 70.0 Å². The molecule has 0 spiro atoms. The van der Waals surface area contributed by atoms with Crippen LogP contribution in [-0.4, -0.2) is 172 Å². The molecule has 0 aliphatic carbocycles. The van der Waals surface area contributed by atoms with Crippen LogP contribution in [0.4, 0.5) is 17.1 Å². The summed E-state index contributed by atoms with van der Waals surface area (Å²) in [6, 6.07) is 45.2. The monoisotopic (exact) mass is 1630 g/mol. The van der Waals surface area contributed by atoms with Crippen molar-refractivity contribution in [3.63, 3.8) is 0 Å². The number of rotatable bonds is 13. The molecule has 21 rings (SSSR count). The molecule has 0 bridgehead atoms.